The van der Waals surface area contributed by atoms with Gasteiger partial charge in [-0.15, -0.1) is 0 Å². The van der Waals surface area contributed by atoms with Gasteiger partial charge in [-0.25, -0.2) is 9.97 Å². The van der Waals surface area contributed by atoms with Gasteiger partial charge in [0.2, 0.25) is 0 Å². The van der Waals surface area contributed by atoms with E-state index in [4.69, 9.17) is 10.7 Å². The largest absolute Gasteiger partial charge is 0.384 e. The van der Waals surface area contributed by atoms with Crippen LogP contribution in [0.25, 0.3) is 0 Å². The van der Waals surface area contributed by atoms with Gasteiger partial charge in [0.1, 0.15) is 11.6 Å². The normalized spacial score (nSPS) is 15.5. The minimum atomic E-state index is -0.222. The van der Waals surface area contributed by atoms with Crippen molar-refractivity contribution < 1.29 is 0 Å². The summed E-state index contributed by atoms with van der Waals surface area (Å²) in [6, 6.07) is 12.3. The standard InChI is InChI=1S/C16H19N3/c1-16(2,12-6-4-3-5-7-12)15-18-13(11-8-9-11)10-14(17)19-15/h3-7,10-11H,8-9H2,1-2H3,(H2,17,18,19). The summed E-state index contributed by atoms with van der Waals surface area (Å²) in [5.41, 5.74) is 8.04. The van der Waals surface area contributed by atoms with Crippen LogP contribution in [0.3, 0.4) is 0 Å². The summed E-state index contributed by atoms with van der Waals surface area (Å²) < 4.78 is 0. The van der Waals surface area contributed by atoms with Crippen LogP contribution in [0.4, 0.5) is 5.82 Å². The Morgan fingerprint density at radius 1 is 1.11 bits per heavy atom. The smallest absolute Gasteiger partial charge is 0.140 e. The average Bonchev–Trinajstić information content (AvgIpc) is 3.23. The molecular weight excluding hydrogens is 234 g/mol. The lowest BCUT2D eigenvalue weighted by atomic mass is 9.83. The summed E-state index contributed by atoms with van der Waals surface area (Å²) in [5.74, 6) is 1.99. The predicted molar refractivity (Wildman–Crippen MR) is 77.0 cm³/mol. The third-order valence-electron chi connectivity index (χ3n) is 3.82. The van der Waals surface area contributed by atoms with Crippen LogP contribution in [0.5, 0.6) is 0 Å². The van der Waals surface area contributed by atoms with E-state index < -0.39 is 0 Å². The van der Waals surface area contributed by atoms with Crippen molar-refractivity contribution in [2.45, 2.75) is 38.0 Å². The van der Waals surface area contributed by atoms with Crippen LogP contribution >= 0.6 is 0 Å². The first kappa shape index (κ1) is 12.2. The highest BCUT2D eigenvalue weighted by molar-refractivity contribution is 5.38. The Hall–Kier alpha value is -1.90. The van der Waals surface area contributed by atoms with Crippen molar-refractivity contribution in [2.24, 2.45) is 0 Å². The van der Waals surface area contributed by atoms with E-state index in [0.29, 0.717) is 11.7 Å². The van der Waals surface area contributed by atoms with E-state index in [1.165, 1.54) is 18.4 Å². The Bertz CT molecular complexity index is 586. The number of hydrogen-bond donors (Lipinski definition) is 1. The van der Waals surface area contributed by atoms with Gasteiger partial charge in [-0.3, -0.25) is 0 Å². The third kappa shape index (κ3) is 2.33. The van der Waals surface area contributed by atoms with Gasteiger partial charge in [-0.05, 0) is 32.3 Å². The highest BCUT2D eigenvalue weighted by atomic mass is 15.0. The Morgan fingerprint density at radius 3 is 2.42 bits per heavy atom. The lowest BCUT2D eigenvalue weighted by Crippen LogP contribution is -2.23. The number of nitrogens with zero attached hydrogens (tertiary/aromatic N) is 2. The van der Waals surface area contributed by atoms with E-state index in [9.17, 15) is 0 Å². The van der Waals surface area contributed by atoms with Gasteiger partial charge in [-0.2, -0.15) is 0 Å². The van der Waals surface area contributed by atoms with Gasteiger partial charge >= 0.3 is 0 Å². The first-order valence-corrected chi connectivity index (χ1v) is 6.78. The van der Waals surface area contributed by atoms with Gasteiger partial charge in [-0.1, -0.05) is 30.3 Å². The van der Waals surface area contributed by atoms with E-state index in [1.54, 1.807) is 0 Å². The maximum atomic E-state index is 5.95. The molecule has 0 bridgehead atoms. The number of anilines is 1. The van der Waals surface area contributed by atoms with Crippen LogP contribution in [0.2, 0.25) is 0 Å². The van der Waals surface area contributed by atoms with E-state index in [1.807, 2.05) is 24.3 Å². The molecule has 3 heteroatoms. The molecule has 0 saturated heterocycles. The molecule has 98 valence electrons. The SMILES string of the molecule is CC(C)(c1ccccc1)c1nc(N)cc(C2CC2)n1. The molecule has 1 aliphatic rings. The maximum Gasteiger partial charge on any atom is 0.140 e. The molecule has 0 amide bonds. The predicted octanol–water partition coefficient (Wildman–Crippen LogP) is 3.26. The number of aromatic nitrogens is 2. The van der Waals surface area contributed by atoms with Crippen LogP contribution in [-0.4, -0.2) is 9.97 Å². The fourth-order valence-corrected chi connectivity index (χ4v) is 2.34. The quantitative estimate of drug-likeness (QED) is 0.913. The summed E-state index contributed by atoms with van der Waals surface area (Å²) in [6.45, 7) is 4.29. The number of benzene rings is 1. The van der Waals surface area contributed by atoms with Crippen molar-refractivity contribution in [1.82, 2.24) is 9.97 Å². The maximum absolute atomic E-state index is 5.95. The molecule has 0 radical (unpaired) electrons. The second-order valence-corrected chi connectivity index (χ2v) is 5.81. The summed E-state index contributed by atoms with van der Waals surface area (Å²) in [4.78, 5) is 9.21. The van der Waals surface area contributed by atoms with Crippen molar-refractivity contribution in [1.29, 1.82) is 0 Å². The second-order valence-electron chi connectivity index (χ2n) is 5.81. The fraction of sp³-hybridized carbons (Fsp3) is 0.375. The zero-order valence-corrected chi connectivity index (χ0v) is 11.4. The lowest BCUT2D eigenvalue weighted by molar-refractivity contribution is 0.586. The van der Waals surface area contributed by atoms with E-state index in [0.717, 1.165) is 11.5 Å². The first-order chi connectivity index (χ1) is 9.07. The monoisotopic (exact) mass is 253 g/mol. The molecule has 0 atom stereocenters. The van der Waals surface area contributed by atoms with E-state index in [-0.39, 0.29) is 5.41 Å². The van der Waals surface area contributed by atoms with Crippen molar-refractivity contribution in [3.8, 4) is 0 Å². The molecule has 2 N–H and O–H groups in total. The molecular formula is C16H19N3. The number of nitrogen functional groups attached to an aromatic ring is 1. The number of nitrogens with two attached hydrogens (primary N) is 1. The van der Waals surface area contributed by atoms with Gasteiger partial charge in [0.25, 0.3) is 0 Å². The van der Waals surface area contributed by atoms with Crippen LogP contribution in [-0.2, 0) is 5.41 Å². The third-order valence-corrected chi connectivity index (χ3v) is 3.82. The molecule has 3 rings (SSSR count). The summed E-state index contributed by atoms with van der Waals surface area (Å²) in [7, 11) is 0. The zero-order valence-electron chi connectivity index (χ0n) is 11.4. The van der Waals surface area contributed by atoms with Crippen LogP contribution in [0.1, 0.15) is 49.7 Å². The molecule has 3 nitrogen and oxygen atoms in total. The van der Waals surface area contributed by atoms with Crippen LogP contribution in [0.15, 0.2) is 36.4 Å². The average molecular weight is 253 g/mol. The van der Waals surface area contributed by atoms with Crippen molar-refractivity contribution in [2.75, 3.05) is 5.73 Å². The molecule has 1 aromatic heterocycles. The molecule has 1 heterocycles. The molecule has 0 aliphatic heterocycles. The minimum absolute atomic E-state index is 0.222. The minimum Gasteiger partial charge on any atom is -0.384 e. The Balaban J connectivity index is 2.05. The molecule has 0 spiro atoms. The summed E-state index contributed by atoms with van der Waals surface area (Å²) >= 11 is 0. The second kappa shape index (κ2) is 4.34. The number of rotatable bonds is 3. The molecule has 0 unspecified atom stereocenters. The highest BCUT2D eigenvalue weighted by Gasteiger charge is 2.30. The fourth-order valence-electron chi connectivity index (χ4n) is 2.34. The Morgan fingerprint density at radius 2 is 1.79 bits per heavy atom. The molecule has 19 heavy (non-hydrogen) atoms. The Kier molecular flexibility index (Phi) is 2.77. The Labute approximate surface area is 113 Å². The van der Waals surface area contributed by atoms with Gasteiger partial charge in [0.05, 0.1) is 0 Å². The van der Waals surface area contributed by atoms with Crippen molar-refractivity contribution in [3.63, 3.8) is 0 Å². The molecule has 1 fully saturated rings. The molecule has 1 saturated carbocycles. The first-order valence-electron chi connectivity index (χ1n) is 6.78. The van der Waals surface area contributed by atoms with Crippen molar-refractivity contribution >= 4 is 5.82 Å². The van der Waals surface area contributed by atoms with E-state index in [2.05, 4.69) is 31.0 Å². The van der Waals surface area contributed by atoms with Gasteiger partial charge in [0, 0.05) is 23.1 Å². The van der Waals surface area contributed by atoms with Gasteiger partial charge in [0.15, 0.2) is 0 Å². The van der Waals surface area contributed by atoms with E-state index >= 15 is 0 Å². The topological polar surface area (TPSA) is 51.8 Å². The van der Waals surface area contributed by atoms with Crippen molar-refractivity contribution in [3.05, 3.63) is 53.5 Å². The molecule has 1 aliphatic carbocycles. The molecule has 1 aromatic carbocycles. The number of hydrogen-bond acceptors (Lipinski definition) is 3. The highest BCUT2D eigenvalue weighted by Crippen LogP contribution is 2.40. The lowest BCUT2D eigenvalue weighted by Gasteiger charge is -2.24. The summed E-state index contributed by atoms with van der Waals surface area (Å²) in [5, 5.41) is 0. The molecule has 2 aromatic rings. The van der Waals surface area contributed by atoms with Crippen LogP contribution in [0, 0.1) is 0 Å². The summed E-state index contributed by atoms with van der Waals surface area (Å²) in [6.07, 6.45) is 2.45. The zero-order chi connectivity index (χ0) is 13.5. The van der Waals surface area contributed by atoms with Gasteiger partial charge < -0.3 is 5.73 Å². The van der Waals surface area contributed by atoms with Crippen LogP contribution < -0.4 is 5.73 Å².